The summed E-state index contributed by atoms with van der Waals surface area (Å²) >= 11 is 1.54. The molecule has 0 aliphatic heterocycles. The Hall–Kier alpha value is -3.12. The van der Waals surface area contributed by atoms with Crippen molar-refractivity contribution in [2.24, 2.45) is 10.7 Å². The van der Waals surface area contributed by atoms with E-state index in [1.165, 1.54) is 11.3 Å². The third kappa shape index (κ3) is 5.68. The van der Waals surface area contributed by atoms with Gasteiger partial charge in [-0.15, -0.1) is 11.3 Å². The van der Waals surface area contributed by atoms with Gasteiger partial charge in [0, 0.05) is 11.1 Å². The van der Waals surface area contributed by atoms with E-state index in [1.807, 2.05) is 83.3 Å². The molecule has 0 saturated heterocycles. The van der Waals surface area contributed by atoms with Gasteiger partial charge in [-0.05, 0) is 64.4 Å². The number of aryl methyl sites for hydroxylation is 1. The van der Waals surface area contributed by atoms with Crippen LogP contribution in [0.25, 0.3) is 0 Å². The molecule has 1 aromatic heterocycles. The number of aliphatic imine (C=N–C) groups is 1. The lowest BCUT2D eigenvalue weighted by Gasteiger charge is -2.31. The van der Waals surface area contributed by atoms with Crippen molar-refractivity contribution in [3.8, 4) is 5.75 Å². The Morgan fingerprint density at radius 2 is 1.71 bits per heavy atom. The molecule has 0 spiro atoms. The number of aromatic hydroxyl groups is 1. The van der Waals surface area contributed by atoms with Crippen LogP contribution >= 0.6 is 11.3 Å². The number of carbonyl (C=O) groups is 1. The Balaban J connectivity index is 2.01. The quantitative estimate of drug-likeness (QED) is 0.276. The number of aromatic carboxylic acids is 1. The van der Waals surface area contributed by atoms with E-state index in [0.717, 1.165) is 16.1 Å². The van der Waals surface area contributed by atoms with Crippen molar-refractivity contribution in [2.45, 2.75) is 65.2 Å². The van der Waals surface area contributed by atoms with Crippen LogP contribution in [0.5, 0.6) is 5.75 Å². The van der Waals surface area contributed by atoms with Crippen LogP contribution in [0.15, 0.2) is 52.8 Å². The Bertz CT molecular complexity index is 1210. The Morgan fingerprint density at radius 3 is 2.26 bits per heavy atom. The van der Waals surface area contributed by atoms with Gasteiger partial charge in [-0.1, -0.05) is 59.7 Å². The van der Waals surface area contributed by atoms with Gasteiger partial charge in [-0.25, -0.2) is 9.79 Å². The van der Waals surface area contributed by atoms with E-state index in [1.54, 1.807) is 6.07 Å². The van der Waals surface area contributed by atoms with Crippen molar-refractivity contribution in [1.29, 1.82) is 0 Å². The predicted molar refractivity (Wildman–Crippen MR) is 141 cm³/mol. The van der Waals surface area contributed by atoms with Gasteiger partial charge in [-0.3, -0.25) is 0 Å². The maximum atomic E-state index is 12.3. The number of hydrogen-bond acceptors (Lipinski definition) is 4. The molecule has 180 valence electrons. The van der Waals surface area contributed by atoms with Crippen LogP contribution in [0.1, 0.15) is 79.0 Å². The van der Waals surface area contributed by atoms with Crippen LogP contribution in [0.4, 0.5) is 5.69 Å². The molecule has 0 aliphatic carbocycles. The molecule has 0 saturated carbocycles. The van der Waals surface area contributed by atoms with Gasteiger partial charge in [0.2, 0.25) is 0 Å². The fourth-order valence-electron chi connectivity index (χ4n) is 4.21. The molecule has 0 fully saturated rings. The van der Waals surface area contributed by atoms with Gasteiger partial charge >= 0.3 is 5.97 Å². The summed E-state index contributed by atoms with van der Waals surface area (Å²) in [6, 6.07) is 13.3. The van der Waals surface area contributed by atoms with E-state index in [9.17, 15) is 15.0 Å². The van der Waals surface area contributed by atoms with Crippen molar-refractivity contribution in [3.05, 3.63) is 80.5 Å². The van der Waals surface area contributed by atoms with Crippen LogP contribution in [0.2, 0.25) is 0 Å². The third-order valence-corrected chi connectivity index (χ3v) is 6.69. The normalized spacial score (nSPS) is 12.7. The number of hydrogen-bond donors (Lipinski definition) is 3. The molecule has 3 rings (SSSR count). The van der Waals surface area contributed by atoms with Gasteiger partial charge in [0.25, 0.3) is 0 Å². The molecule has 0 unspecified atom stereocenters. The lowest BCUT2D eigenvalue weighted by atomic mass is 9.74. The lowest BCUT2D eigenvalue weighted by Crippen LogP contribution is -2.22. The van der Waals surface area contributed by atoms with Gasteiger partial charge < -0.3 is 15.9 Å². The zero-order chi connectivity index (χ0) is 25.3. The molecule has 0 amide bonds. The summed E-state index contributed by atoms with van der Waals surface area (Å²) in [5.74, 6) is -0.312. The minimum Gasteiger partial charge on any atom is -0.507 e. The summed E-state index contributed by atoms with van der Waals surface area (Å²) in [4.78, 5) is 17.7. The number of rotatable bonds is 6. The molecule has 5 nitrogen and oxygen atoms in total. The number of nitrogens with two attached hydrogens (primary N) is 1. The second-order valence-corrected chi connectivity index (χ2v) is 11.6. The largest absolute Gasteiger partial charge is 0.507 e. The highest BCUT2D eigenvalue weighted by atomic mass is 32.1. The fraction of sp³-hybridized carbons (Fsp3) is 0.357. The first-order valence-electron chi connectivity index (χ1n) is 11.4. The van der Waals surface area contributed by atoms with Gasteiger partial charge in [-0.2, -0.15) is 0 Å². The highest BCUT2D eigenvalue weighted by molar-refractivity contribution is 7.12. The van der Waals surface area contributed by atoms with E-state index in [-0.39, 0.29) is 16.7 Å². The van der Waals surface area contributed by atoms with Crippen molar-refractivity contribution < 1.29 is 15.0 Å². The first-order chi connectivity index (χ1) is 15.8. The zero-order valence-corrected chi connectivity index (χ0v) is 21.6. The van der Waals surface area contributed by atoms with Crippen LogP contribution in [0.3, 0.4) is 0 Å². The highest BCUT2D eigenvalue weighted by Crippen LogP contribution is 2.43. The molecule has 2 aromatic carbocycles. The van der Waals surface area contributed by atoms with Gasteiger partial charge in [0.1, 0.15) is 11.6 Å². The molecule has 0 atom stereocenters. The molecule has 6 heteroatoms. The Morgan fingerprint density at radius 1 is 1.00 bits per heavy atom. The Labute approximate surface area is 206 Å². The third-order valence-electron chi connectivity index (χ3n) is 5.79. The smallest absolute Gasteiger partial charge is 0.335 e. The second-order valence-electron chi connectivity index (χ2n) is 10.6. The number of carboxylic acids is 1. The molecule has 0 radical (unpaired) electrons. The van der Waals surface area contributed by atoms with Crippen molar-refractivity contribution >= 4 is 28.8 Å². The SMILES string of the molecule is CC(C)(C)c1cc(C(=O)O)c(CCc2cccc(N=C(N)c3cccs3)c2)c(C(C)(C)C)c1O. The molecule has 4 N–H and O–H groups in total. The van der Waals surface area contributed by atoms with E-state index >= 15 is 0 Å². The number of carboxylic acid groups (broad SMARTS) is 1. The maximum absolute atomic E-state index is 12.3. The number of phenols is 1. The monoisotopic (exact) mass is 478 g/mol. The molecule has 1 heterocycles. The average Bonchev–Trinajstić information content (AvgIpc) is 3.25. The lowest BCUT2D eigenvalue weighted by molar-refractivity contribution is 0.0695. The second kappa shape index (κ2) is 9.63. The van der Waals surface area contributed by atoms with E-state index in [4.69, 9.17) is 5.73 Å². The summed E-state index contributed by atoms with van der Waals surface area (Å²) in [7, 11) is 0. The maximum Gasteiger partial charge on any atom is 0.335 e. The fourth-order valence-corrected chi connectivity index (χ4v) is 4.84. The van der Waals surface area contributed by atoms with Crippen molar-refractivity contribution in [3.63, 3.8) is 0 Å². The number of nitrogens with zero attached hydrogens (tertiary/aromatic N) is 1. The topological polar surface area (TPSA) is 95.9 Å². The summed E-state index contributed by atoms with van der Waals surface area (Å²) in [5, 5.41) is 23.3. The summed E-state index contributed by atoms with van der Waals surface area (Å²) in [6.07, 6.45) is 1.10. The number of benzene rings is 2. The van der Waals surface area contributed by atoms with Crippen LogP contribution in [0, 0.1) is 0 Å². The number of phenolic OH excluding ortho intramolecular Hbond substituents is 1. The average molecular weight is 479 g/mol. The number of amidine groups is 1. The first kappa shape index (κ1) is 25.5. The number of thiophene rings is 1. The van der Waals surface area contributed by atoms with Gasteiger partial charge in [0.05, 0.1) is 16.1 Å². The van der Waals surface area contributed by atoms with E-state index < -0.39 is 11.4 Å². The molecule has 3 aromatic rings. The highest BCUT2D eigenvalue weighted by Gasteiger charge is 2.31. The van der Waals surface area contributed by atoms with Crippen molar-refractivity contribution in [1.82, 2.24) is 0 Å². The molecule has 0 bridgehead atoms. The predicted octanol–water partition coefficient (Wildman–Crippen LogP) is 6.57. The van der Waals surface area contributed by atoms with E-state index in [2.05, 4.69) is 4.99 Å². The zero-order valence-electron chi connectivity index (χ0n) is 20.8. The van der Waals surface area contributed by atoms with Crippen LogP contribution in [-0.2, 0) is 23.7 Å². The van der Waals surface area contributed by atoms with Crippen LogP contribution < -0.4 is 5.73 Å². The van der Waals surface area contributed by atoms with E-state index in [0.29, 0.717) is 35.4 Å². The summed E-state index contributed by atoms with van der Waals surface area (Å²) < 4.78 is 0. The standard InChI is InChI=1S/C28H34N2O3S/c1-27(2,3)21-16-20(26(32)33)19(23(24(21)31)28(4,5)6)13-12-17-9-7-10-18(15-17)30-25(29)22-11-8-14-34-22/h7-11,14-16,31H,12-13H2,1-6H3,(H2,29,30)(H,32,33). The summed E-state index contributed by atoms with van der Waals surface area (Å²) in [6.45, 7) is 12.0. The molecule has 0 aliphatic rings. The minimum absolute atomic E-state index is 0.196. The minimum atomic E-state index is -0.979. The van der Waals surface area contributed by atoms with Crippen molar-refractivity contribution in [2.75, 3.05) is 0 Å². The Kier molecular flexibility index (Phi) is 7.22. The molecule has 34 heavy (non-hydrogen) atoms. The summed E-state index contributed by atoms with van der Waals surface area (Å²) in [5.41, 5.74) is 9.39. The van der Waals surface area contributed by atoms with Gasteiger partial charge in [0.15, 0.2) is 0 Å². The molecular weight excluding hydrogens is 444 g/mol. The molecular formula is C28H34N2O3S. The first-order valence-corrected chi connectivity index (χ1v) is 12.3. The van der Waals surface area contributed by atoms with Crippen LogP contribution in [-0.4, -0.2) is 22.0 Å².